The second-order valence-electron chi connectivity index (χ2n) is 39.8. The summed E-state index contributed by atoms with van der Waals surface area (Å²) in [5.74, 6) is 0. The topological polar surface area (TPSA) is 0 Å². The van der Waals surface area contributed by atoms with E-state index in [4.69, 9.17) is 0 Å². The Morgan fingerprint density at radius 2 is 0.313 bits per heavy atom. The highest BCUT2D eigenvalue weighted by Gasteiger charge is 2.29. The molecule has 27 aromatic rings. The van der Waals surface area contributed by atoms with Crippen molar-refractivity contribution >= 4 is 94.5 Å². The van der Waals surface area contributed by atoms with Crippen molar-refractivity contribution < 1.29 is 0 Å². The van der Waals surface area contributed by atoms with Crippen LogP contribution in [0.5, 0.6) is 0 Å². The van der Waals surface area contributed by atoms with Gasteiger partial charge in [0.2, 0.25) is 0 Å². The largest absolute Gasteiger partial charge is 0.135 e. The van der Waals surface area contributed by atoms with Gasteiger partial charge in [-0.3, -0.25) is 0 Å². The monoisotopic (exact) mass is 1960 g/mol. The molecular weight excluding hydrogens is 1860 g/mol. The summed E-state index contributed by atoms with van der Waals surface area (Å²) in [7, 11) is 0. The molecule has 0 saturated carbocycles. The van der Waals surface area contributed by atoms with E-state index < -0.39 is 0 Å². The summed E-state index contributed by atoms with van der Waals surface area (Å²) >= 11 is 5.66. The highest BCUT2D eigenvalue weighted by molar-refractivity contribution is 7.27. The van der Waals surface area contributed by atoms with Gasteiger partial charge in [-0.05, 0) is 332 Å². The van der Waals surface area contributed by atoms with Gasteiger partial charge in [0, 0.05) is 60.5 Å². The Balaban J connectivity index is 0.000000108. The SMILES string of the molecule is c1ccc(-c2ccc(-c3cccc(-c4ccc5c(c4)-c4cccc(-c6cccc(-c7ccc8sc9ccccc9c8c7)c6)c4C5)c3)cc2)cc1.c1ccc(-c2ccc(-c3cccc(-c4ccc5c(c4)-c4cccc(-c6cccc(-c7cccc8c7sc7ccccc78)c6)c4C5)c3)cc2)cc1.c1ccc(-c2ccc(-c3cccc(-c4cccc5c4Cc4c(-c6cccc(-c7cccc8c7sc7ccccc78)c6)cccc4-5)c3)cc2)cc1. The molecular formula is C147H96S3. The van der Waals surface area contributed by atoms with Crippen molar-refractivity contribution in [3.63, 3.8) is 0 Å². The average Bonchev–Trinajstić information content (AvgIpc) is 1.59. The molecule has 0 saturated heterocycles. The molecule has 0 spiro atoms. The van der Waals surface area contributed by atoms with Crippen LogP contribution in [0.1, 0.15) is 33.4 Å². The molecule has 0 nitrogen and oxygen atoms in total. The molecule has 0 unspecified atom stereocenters. The number of rotatable bonds is 15. The van der Waals surface area contributed by atoms with Crippen molar-refractivity contribution in [1.29, 1.82) is 0 Å². The predicted octanol–water partition coefficient (Wildman–Crippen LogP) is 41.9. The maximum Gasteiger partial charge on any atom is 0.0433 e. The Morgan fingerprint density at radius 1 is 0.107 bits per heavy atom. The minimum atomic E-state index is 0.920. The van der Waals surface area contributed by atoms with Crippen LogP contribution in [0.3, 0.4) is 0 Å². The summed E-state index contributed by atoms with van der Waals surface area (Å²) in [4.78, 5) is 0. The molecule has 3 heteroatoms. The first-order valence-electron chi connectivity index (χ1n) is 51.9. The van der Waals surface area contributed by atoms with Crippen LogP contribution in [0.25, 0.3) is 261 Å². The third-order valence-corrected chi connectivity index (χ3v) is 34.7. The first-order chi connectivity index (χ1) is 74.3. The van der Waals surface area contributed by atoms with E-state index in [1.54, 1.807) is 0 Å². The van der Waals surface area contributed by atoms with E-state index in [2.05, 4.69) is 546 Å². The number of thiophene rings is 3. The standard InChI is InChI=1S/3C49H32S/c1-2-11-32(12-3-1)33-25-27-34(28-26-33)35-13-6-14-36(29-35)39-18-8-21-42-43-22-9-19-40(47(43)31-46(39)42)37-15-7-16-38(30-37)41-20-10-23-45-44-17-4-5-24-48(44)50-49(41)45;1-2-10-32(11-3-1)33-22-24-34(25-23-33)35-12-6-13-36(28-35)37-26-27-40-31-47-41(17-8-19-43(47)46(40)30-37)38-14-7-15-39(29-38)42-18-9-20-45-44-16-4-5-21-48(44)50-49(42)45;1-2-9-32(10-3-1)33-19-21-34(22-20-33)35-11-6-12-36(27-35)38-23-24-41-31-46-42(16-8-17-43(46)45(41)29-38)40-14-7-13-37(28-40)39-25-26-49-47(30-39)44-15-4-5-18-48(44)50-49/h3*1-30H,31H2. The Hall–Kier alpha value is -18.1. The van der Waals surface area contributed by atoms with Crippen LogP contribution in [-0.2, 0) is 19.3 Å². The summed E-state index contributed by atoms with van der Waals surface area (Å²) in [6.07, 6.45) is 2.82. The molecule has 24 aromatic carbocycles. The molecule has 0 aliphatic heterocycles. The van der Waals surface area contributed by atoms with Crippen LogP contribution in [0.15, 0.2) is 546 Å². The molecule has 3 heterocycles. The zero-order valence-electron chi connectivity index (χ0n) is 82.3. The summed E-state index contributed by atoms with van der Waals surface area (Å²) in [5, 5.41) is 8.04. The van der Waals surface area contributed by atoms with Crippen molar-refractivity contribution in [2.45, 2.75) is 19.3 Å². The van der Waals surface area contributed by atoms with Crippen LogP contribution in [0, 0.1) is 0 Å². The molecule has 702 valence electrons. The summed E-state index contributed by atoms with van der Waals surface area (Å²) in [5.41, 5.74) is 54.4. The van der Waals surface area contributed by atoms with Crippen LogP contribution in [0.2, 0.25) is 0 Å². The lowest BCUT2D eigenvalue weighted by Gasteiger charge is -2.12. The second kappa shape index (κ2) is 38.4. The highest BCUT2D eigenvalue weighted by Crippen LogP contribution is 2.52. The van der Waals surface area contributed by atoms with Crippen LogP contribution in [-0.4, -0.2) is 0 Å². The van der Waals surface area contributed by atoms with E-state index in [0.717, 1.165) is 19.3 Å². The number of hydrogen-bond donors (Lipinski definition) is 0. The molecule has 0 fully saturated rings. The first-order valence-corrected chi connectivity index (χ1v) is 54.3. The number of benzene rings is 24. The summed E-state index contributed by atoms with van der Waals surface area (Å²) < 4.78 is 8.08. The van der Waals surface area contributed by atoms with Crippen LogP contribution < -0.4 is 0 Å². The van der Waals surface area contributed by atoms with Crippen molar-refractivity contribution in [2.75, 3.05) is 0 Å². The maximum atomic E-state index is 2.40. The molecule has 0 radical (unpaired) electrons. The zero-order valence-corrected chi connectivity index (χ0v) is 84.8. The predicted molar refractivity (Wildman–Crippen MR) is 644 cm³/mol. The van der Waals surface area contributed by atoms with Gasteiger partial charge in [-0.1, -0.05) is 467 Å². The fraction of sp³-hybridized carbons (Fsp3) is 0.0204. The molecule has 3 aromatic heterocycles. The minimum Gasteiger partial charge on any atom is -0.135 e. The Kier molecular flexibility index (Phi) is 22.9. The van der Waals surface area contributed by atoms with E-state index in [1.165, 1.54) is 294 Å². The average molecular weight is 1960 g/mol. The van der Waals surface area contributed by atoms with E-state index in [-0.39, 0.29) is 0 Å². The van der Waals surface area contributed by atoms with E-state index in [9.17, 15) is 0 Å². The molecule has 0 bridgehead atoms. The van der Waals surface area contributed by atoms with Crippen LogP contribution in [0.4, 0.5) is 0 Å². The summed E-state index contributed by atoms with van der Waals surface area (Å²) in [6, 6.07) is 201. The van der Waals surface area contributed by atoms with Crippen molar-refractivity contribution in [3.05, 3.63) is 579 Å². The Morgan fingerprint density at radius 3 is 0.680 bits per heavy atom. The zero-order chi connectivity index (χ0) is 99.1. The molecule has 150 heavy (non-hydrogen) atoms. The smallest absolute Gasteiger partial charge is 0.0433 e. The molecule has 30 rings (SSSR count). The highest BCUT2D eigenvalue weighted by atomic mass is 32.1. The quantitative estimate of drug-likeness (QED) is 0.0960. The fourth-order valence-electron chi connectivity index (χ4n) is 23.6. The van der Waals surface area contributed by atoms with Gasteiger partial charge in [-0.25, -0.2) is 0 Å². The molecule has 0 atom stereocenters. The van der Waals surface area contributed by atoms with Crippen LogP contribution >= 0.6 is 34.0 Å². The van der Waals surface area contributed by atoms with Gasteiger partial charge < -0.3 is 0 Å². The van der Waals surface area contributed by atoms with Crippen molar-refractivity contribution in [2.24, 2.45) is 0 Å². The third kappa shape index (κ3) is 16.7. The third-order valence-electron chi connectivity index (χ3n) is 31.1. The first kappa shape index (κ1) is 89.5. The second-order valence-corrected chi connectivity index (χ2v) is 43.0. The molecule has 3 aliphatic carbocycles. The Labute approximate surface area is 886 Å². The van der Waals surface area contributed by atoms with Gasteiger partial charge in [-0.2, -0.15) is 0 Å². The van der Waals surface area contributed by atoms with E-state index in [0.29, 0.717) is 0 Å². The minimum absolute atomic E-state index is 0.920. The lowest BCUT2D eigenvalue weighted by molar-refractivity contribution is 1.26. The van der Waals surface area contributed by atoms with E-state index in [1.807, 2.05) is 34.0 Å². The molecule has 0 N–H and O–H groups in total. The van der Waals surface area contributed by atoms with Crippen molar-refractivity contribution in [3.8, 4) is 200 Å². The van der Waals surface area contributed by atoms with Gasteiger partial charge in [0.25, 0.3) is 0 Å². The lowest BCUT2D eigenvalue weighted by atomic mass is 9.92. The normalized spacial score (nSPS) is 11.9. The van der Waals surface area contributed by atoms with Crippen molar-refractivity contribution in [1.82, 2.24) is 0 Å². The summed E-state index contributed by atoms with van der Waals surface area (Å²) in [6.45, 7) is 0. The lowest BCUT2D eigenvalue weighted by Crippen LogP contribution is -1.91. The fourth-order valence-corrected chi connectivity index (χ4v) is 27.2. The number of fused-ring (bicyclic) bond motifs is 18. The van der Waals surface area contributed by atoms with Gasteiger partial charge in [0.15, 0.2) is 0 Å². The van der Waals surface area contributed by atoms with Gasteiger partial charge >= 0.3 is 0 Å². The molecule has 3 aliphatic rings. The van der Waals surface area contributed by atoms with Gasteiger partial charge in [-0.15, -0.1) is 34.0 Å². The molecule has 0 amide bonds. The van der Waals surface area contributed by atoms with Gasteiger partial charge in [0.1, 0.15) is 0 Å². The number of hydrogen-bond acceptors (Lipinski definition) is 3. The maximum absolute atomic E-state index is 2.40. The van der Waals surface area contributed by atoms with Gasteiger partial charge in [0.05, 0.1) is 0 Å². The van der Waals surface area contributed by atoms with E-state index >= 15 is 0 Å². The Bertz CT molecular complexity index is 9920.